The first-order valence-corrected chi connectivity index (χ1v) is 7.88. The highest BCUT2D eigenvalue weighted by Gasteiger charge is 2.05. The lowest BCUT2D eigenvalue weighted by atomic mass is 10.1. The molecule has 0 unspecified atom stereocenters. The van der Waals surface area contributed by atoms with Gasteiger partial charge in [-0.25, -0.2) is 0 Å². The molecule has 0 fully saturated rings. The fourth-order valence-electron chi connectivity index (χ4n) is 1.91. The highest BCUT2D eigenvalue weighted by Crippen LogP contribution is 2.16. The van der Waals surface area contributed by atoms with Crippen LogP contribution in [-0.4, -0.2) is 12.0 Å². The molecule has 0 aliphatic rings. The van der Waals surface area contributed by atoms with E-state index < -0.39 is 0 Å². The fraction of sp³-hybridized carbons (Fsp3) is 0.235. The molecule has 2 aromatic rings. The maximum absolute atomic E-state index is 12.0. The average molecular weight is 363 g/mol. The number of anilines is 1. The Kier molecular flexibility index (Phi) is 5.83. The zero-order valence-electron chi connectivity index (χ0n) is 12.6. The summed E-state index contributed by atoms with van der Waals surface area (Å²) in [6.07, 6.45) is 0.405. The molecule has 1 amide bonds. The molecule has 0 saturated heterocycles. The number of hydrogen-bond donors (Lipinski definition) is 2. The first-order chi connectivity index (χ1) is 10.5. The van der Waals surface area contributed by atoms with Crippen LogP contribution < -0.4 is 15.6 Å². The summed E-state index contributed by atoms with van der Waals surface area (Å²) in [5, 5.41) is 0. The average Bonchev–Trinajstić information content (AvgIpc) is 2.46. The number of carbonyl (C=O) groups is 1. The minimum absolute atomic E-state index is 0.107. The molecule has 4 nitrogen and oxygen atoms in total. The Balaban J connectivity index is 1.87. The molecule has 0 atom stereocenters. The Morgan fingerprint density at radius 1 is 1.18 bits per heavy atom. The van der Waals surface area contributed by atoms with Crippen LogP contribution in [0.25, 0.3) is 0 Å². The monoisotopic (exact) mass is 362 g/mol. The van der Waals surface area contributed by atoms with Crippen LogP contribution in [0.3, 0.4) is 0 Å². The number of rotatable bonds is 6. The van der Waals surface area contributed by atoms with Crippen molar-refractivity contribution in [2.45, 2.75) is 26.4 Å². The minimum Gasteiger partial charge on any atom is -0.491 e. The van der Waals surface area contributed by atoms with Gasteiger partial charge in [0.1, 0.15) is 5.75 Å². The standard InChI is InChI=1S/C17H19BrN2O2/c1-12(2)22-16-5-3-4-13(10-16)11-17(21)20-19-15-8-6-14(18)7-9-15/h3-10,12,19H,11H2,1-2H3,(H,20,21). The van der Waals surface area contributed by atoms with Crippen molar-refractivity contribution in [2.24, 2.45) is 0 Å². The molecule has 0 aromatic heterocycles. The van der Waals surface area contributed by atoms with Crippen molar-refractivity contribution < 1.29 is 9.53 Å². The van der Waals surface area contributed by atoms with E-state index in [2.05, 4.69) is 26.8 Å². The lowest BCUT2D eigenvalue weighted by Crippen LogP contribution is -2.30. The van der Waals surface area contributed by atoms with Crippen LogP contribution in [0, 0.1) is 0 Å². The number of halogens is 1. The highest BCUT2D eigenvalue weighted by molar-refractivity contribution is 9.10. The van der Waals surface area contributed by atoms with Gasteiger partial charge in [0.2, 0.25) is 5.91 Å². The van der Waals surface area contributed by atoms with Crippen molar-refractivity contribution in [3.8, 4) is 5.75 Å². The summed E-state index contributed by atoms with van der Waals surface area (Å²) in [5.41, 5.74) is 7.31. The normalized spacial score (nSPS) is 10.4. The van der Waals surface area contributed by atoms with Crippen molar-refractivity contribution >= 4 is 27.5 Å². The van der Waals surface area contributed by atoms with Gasteiger partial charge in [-0.1, -0.05) is 28.1 Å². The van der Waals surface area contributed by atoms with Crippen molar-refractivity contribution in [3.63, 3.8) is 0 Å². The predicted molar refractivity (Wildman–Crippen MR) is 91.8 cm³/mol. The molecular weight excluding hydrogens is 344 g/mol. The number of carbonyl (C=O) groups excluding carboxylic acids is 1. The summed E-state index contributed by atoms with van der Waals surface area (Å²) in [6.45, 7) is 3.95. The number of ether oxygens (including phenoxy) is 1. The molecule has 116 valence electrons. The van der Waals surface area contributed by atoms with Crippen LogP contribution in [0.4, 0.5) is 5.69 Å². The Hall–Kier alpha value is -2.01. The molecule has 5 heteroatoms. The lowest BCUT2D eigenvalue weighted by Gasteiger charge is -2.11. The molecule has 0 bridgehead atoms. The topological polar surface area (TPSA) is 50.4 Å². The van der Waals surface area contributed by atoms with Gasteiger partial charge >= 0.3 is 0 Å². The third-order valence-electron chi connectivity index (χ3n) is 2.83. The van der Waals surface area contributed by atoms with E-state index in [1.165, 1.54) is 0 Å². The second-order valence-corrected chi connectivity index (χ2v) is 6.09. The molecule has 2 rings (SSSR count). The zero-order valence-corrected chi connectivity index (χ0v) is 14.2. The maximum atomic E-state index is 12.0. The van der Waals surface area contributed by atoms with Gasteiger partial charge in [-0.2, -0.15) is 0 Å². The van der Waals surface area contributed by atoms with Crippen LogP contribution >= 0.6 is 15.9 Å². The summed E-state index contributed by atoms with van der Waals surface area (Å²) in [7, 11) is 0. The van der Waals surface area contributed by atoms with Gasteiger partial charge in [-0.3, -0.25) is 15.6 Å². The van der Waals surface area contributed by atoms with Crippen molar-refractivity contribution in [3.05, 3.63) is 58.6 Å². The molecule has 0 saturated carbocycles. The third kappa shape index (κ3) is 5.41. The van der Waals surface area contributed by atoms with Gasteiger partial charge in [0.15, 0.2) is 0 Å². The van der Waals surface area contributed by atoms with Gasteiger partial charge in [0.05, 0.1) is 18.2 Å². The number of hydrazine groups is 1. The largest absolute Gasteiger partial charge is 0.491 e. The molecule has 2 N–H and O–H groups in total. The molecule has 0 spiro atoms. The predicted octanol–water partition coefficient (Wildman–Crippen LogP) is 3.92. The molecular formula is C17H19BrN2O2. The molecule has 0 radical (unpaired) electrons. The van der Waals surface area contributed by atoms with E-state index in [-0.39, 0.29) is 12.0 Å². The van der Waals surface area contributed by atoms with E-state index in [0.29, 0.717) is 6.42 Å². The first kappa shape index (κ1) is 16.4. The summed E-state index contributed by atoms with van der Waals surface area (Å²) < 4.78 is 6.62. The molecule has 0 aliphatic carbocycles. The Morgan fingerprint density at radius 3 is 2.59 bits per heavy atom. The molecule has 0 aliphatic heterocycles. The van der Waals surface area contributed by atoms with Gasteiger partial charge in [0, 0.05) is 4.47 Å². The van der Waals surface area contributed by atoms with Crippen LogP contribution in [-0.2, 0) is 11.2 Å². The first-order valence-electron chi connectivity index (χ1n) is 7.09. The Morgan fingerprint density at radius 2 is 1.91 bits per heavy atom. The fourth-order valence-corrected chi connectivity index (χ4v) is 2.17. The van der Waals surface area contributed by atoms with E-state index in [1.54, 1.807) is 0 Å². The second-order valence-electron chi connectivity index (χ2n) is 5.17. The maximum Gasteiger partial charge on any atom is 0.242 e. The number of amides is 1. The highest BCUT2D eigenvalue weighted by atomic mass is 79.9. The number of benzene rings is 2. The van der Waals surface area contributed by atoms with Crippen molar-refractivity contribution in [1.82, 2.24) is 5.43 Å². The SMILES string of the molecule is CC(C)Oc1cccc(CC(=O)NNc2ccc(Br)cc2)c1. The summed E-state index contributed by atoms with van der Waals surface area (Å²) in [4.78, 5) is 12.0. The van der Waals surface area contributed by atoms with Crippen LogP contribution in [0.15, 0.2) is 53.0 Å². The van der Waals surface area contributed by atoms with E-state index in [1.807, 2.05) is 62.4 Å². The van der Waals surface area contributed by atoms with E-state index in [9.17, 15) is 4.79 Å². The van der Waals surface area contributed by atoms with Gasteiger partial charge in [-0.15, -0.1) is 0 Å². The van der Waals surface area contributed by atoms with Gasteiger partial charge in [-0.05, 0) is 55.8 Å². The van der Waals surface area contributed by atoms with Crippen molar-refractivity contribution in [2.75, 3.05) is 5.43 Å². The van der Waals surface area contributed by atoms with Crippen LogP contribution in [0.5, 0.6) is 5.75 Å². The summed E-state index contributed by atoms with van der Waals surface area (Å²) in [5.74, 6) is 0.672. The summed E-state index contributed by atoms with van der Waals surface area (Å²) >= 11 is 3.37. The van der Waals surface area contributed by atoms with Crippen LogP contribution in [0.2, 0.25) is 0 Å². The lowest BCUT2D eigenvalue weighted by molar-refractivity contribution is -0.119. The van der Waals surface area contributed by atoms with E-state index in [4.69, 9.17) is 4.74 Å². The smallest absolute Gasteiger partial charge is 0.242 e. The van der Waals surface area contributed by atoms with Crippen molar-refractivity contribution in [1.29, 1.82) is 0 Å². The third-order valence-corrected chi connectivity index (χ3v) is 3.35. The number of nitrogens with one attached hydrogen (secondary N) is 2. The quantitative estimate of drug-likeness (QED) is 0.765. The zero-order chi connectivity index (χ0) is 15.9. The van der Waals surface area contributed by atoms with Crippen LogP contribution in [0.1, 0.15) is 19.4 Å². The van der Waals surface area contributed by atoms with Gasteiger partial charge in [0.25, 0.3) is 0 Å². The Labute approximate surface area is 139 Å². The molecule has 22 heavy (non-hydrogen) atoms. The second kappa shape index (κ2) is 7.84. The Bertz CT molecular complexity index is 627. The minimum atomic E-state index is -0.107. The molecule has 0 heterocycles. The van der Waals surface area contributed by atoms with E-state index >= 15 is 0 Å². The van der Waals surface area contributed by atoms with Gasteiger partial charge < -0.3 is 4.74 Å². The van der Waals surface area contributed by atoms with E-state index in [0.717, 1.165) is 21.5 Å². The summed E-state index contributed by atoms with van der Waals surface area (Å²) in [6, 6.07) is 15.1. The molecule has 2 aromatic carbocycles. The number of hydrogen-bond acceptors (Lipinski definition) is 3.